The fraction of sp³-hybridized carbons (Fsp3) is 0.583. The first kappa shape index (κ1) is 15.2. The molecule has 1 aromatic heterocycles. The first-order valence-electron chi connectivity index (χ1n) is 6.05. The molecule has 0 saturated carbocycles. The molecule has 1 unspecified atom stereocenters. The molecule has 0 saturated heterocycles. The van der Waals surface area contributed by atoms with Crippen LogP contribution in [0.5, 0.6) is 0 Å². The standard InChI is InChI=1S/C12H19N3O4/c1-7(16)6-15(3)10(17)5-4-9-8(2)13-12(19)14-11(9)18/h7,16H,4-6H2,1-3H3,(H2,13,14,18,19). The van der Waals surface area contributed by atoms with Gasteiger partial charge < -0.3 is 15.0 Å². The van der Waals surface area contributed by atoms with Gasteiger partial charge in [-0.25, -0.2) is 4.79 Å². The number of aromatic amines is 2. The Kier molecular flexibility index (Phi) is 5.05. The van der Waals surface area contributed by atoms with Gasteiger partial charge in [-0.15, -0.1) is 0 Å². The maximum Gasteiger partial charge on any atom is 0.325 e. The number of hydrogen-bond acceptors (Lipinski definition) is 4. The van der Waals surface area contributed by atoms with Crippen LogP contribution in [0.4, 0.5) is 0 Å². The molecule has 3 N–H and O–H groups in total. The molecule has 106 valence electrons. The normalized spacial score (nSPS) is 12.2. The van der Waals surface area contributed by atoms with E-state index < -0.39 is 17.4 Å². The van der Waals surface area contributed by atoms with E-state index in [-0.39, 0.29) is 25.3 Å². The molecule has 1 aromatic rings. The maximum atomic E-state index is 11.8. The van der Waals surface area contributed by atoms with Crippen molar-refractivity contribution in [3.8, 4) is 0 Å². The van der Waals surface area contributed by atoms with Crippen molar-refractivity contribution < 1.29 is 9.90 Å². The summed E-state index contributed by atoms with van der Waals surface area (Å²) in [5.41, 5.74) is -0.144. The Morgan fingerprint density at radius 3 is 2.53 bits per heavy atom. The molecule has 0 fully saturated rings. The molecule has 1 rings (SSSR count). The van der Waals surface area contributed by atoms with Crippen LogP contribution < -0.4 is 11.2 Å². The number of carbonyl (C=O) groups is 1. The fourth-order valence-corrected chi connectivity index (χ4v) is 1.85. The van der Waals surface area contributed by atoms with Crippen molar-refractivity contribution in [2.75, 3.05) is 13.6 Å². The number of nitrogens with zero attached hydrogens (tertiary/aromatic N) is 1. The third kappa shape index (κ3) is 4.36. The minimum Gasteiger partial charge on any atom is -0.392 e. The zero-order valence-electron chi connectivity index (χ0n) is 11.3. The summed E-state index contributed by atoms with van der Waals surface area (Å²) in [4.78, 5) is 40.4. The monoisotopic (exact) mass is 269 g/mol. The number of nitrogens with one attached hydrogen (secondary N) is 2. The average Bonchev–Trinajstić information content (AvgIpc) is 2.26. The van der Waals surface area contributed by atoms with Crippen molar-refractivity contribution in [2.24, 2.45) is 0 Å². The summed E-state index contributed by atoms with van der Waals surface area (Å²) in [6.45, 7) is 3.47. The van der Waals surface area contributed by atoms with E-state index in [1.807, 2.05) is 0 Å². The van der Waals surface area contributed by atoms with E-state index >= 15 is 0 Å². The average molecular weight is 269 g/mol. The molecule has 0 spiro atoms. The minimum absolute atomic E-state index is 0.152. The summed E-state index contributed by atoms with van der Waals surface area (Å²) >= 11 is 0. The Bertz CT molecular complexity index is 559. The largest absolute Gasteiger partial charge is 0.392 e. The summed E-state index contributed by atoms with van der Waals surface area (Å²) in [5.74, 6) is -0.161. The predicted molar refractivity (Wildman–Crippen MR) is 70.1 cm³/mol. The molecule has 0 aliphatic heterocycles. The first-order chi connectivity index (χ1) is 8.81. The van der Waals surface area contributed by atoms with Crippen LogP contribution in [0, 0.1) is 6.92 Å². The van der Waals surface area contributed by atoms with Gasteiger partial charge in [0.15, 0.2) is 0 Å². The van der Waals surface area contributed by atoms with Crippen LogP contribution in [0.1, 0.15) is 24.6 Å². The fourth-order valence-electron chi connectivity index (χ4n) is 1.85. The van der Waals surface area contributed by atoms with Crippen molar-refractivity contribution in [2.45, 2.75) is 32.8 Å². The van der Waals surface area contributed by atoms with E-state index in [1.54, 1.807) is 20.9 Å². The number of aryl methyl sites for hydroxylation is 1. The number of likely N-dealkylation sites (N-methyl/N-ethyl adjacent to an activating group) is 1. The van der Waals surface area contributed by atoms with E-state index in [4.69, 9.17) is 0 Å². The Morgan fingerprint density at radius 2 is 2.00 bits per heavy atom. The number of hydrogen-bond donors (Lipinski definition) is 3. The van der Waals surface area contributed by atoms with Crippen molar-refractivity contribution in [1.29, 1.82) is 0 Å². The van der Waals surface area contributed by atoms with Crippen LogP contribution in [0.3, 0.4) is 0 Å². The highest BCUT2D eigenvalue weighted by atomic mass is 16.3. The Balaban J connectivity index is 2.70. The number of H-pyrrole nitrogens is 2. The third-order valence-corrected chi connectivity index (χ3v) is 2.81. The molecule has 1 atom stereocenters. The molecule has 0 bridgehead atoms. The minimum atomic E-state index is -0.591. The Labute approximate surface area is 110 Å². The van der Waals surface area contributed by atoms with E-state index in [1.165, 1.54) is 4.90 Å². The Morgan fingerprint density at radius 1 is 1.37 bits per heavy atom. The van der Waals surface area contributed by atoms with Gasteiger partial charge in [0.1, 0.15) is 0 Å². The molecule has 7 heteroatoms. The quantitative estimate of drug-likeness (QED) is 0.647. The van der Waals surface area contributed by atoms with Gasteiger partial charge in [0.05, 0.1) is 6.10 Å². The van der Waals surface area contributed by atoms with Gasteiger partial charge in [-0.05, 0) is 20.3 Å². The van der Waals surface area contributed by atoms with E-state index in [2.05, 4.69) is 9.97 Å². The number of rotatable bonds is 5. The van der Waals surface area contributed by atoms with E-state index in [0.29, 0.717) is 11.3 Å². The molecule has 0 aliphatic carbocycles. The zero-order chi connectivity index (χ0) is 14.6. The van der Waals surface area contributed by atoms with Crippen molar-refractivity contribution in [3.63, 3.8) is 0 Å². The second-order valence-corrected chi connectivity index (χ2v) is 4.64. The van der Waals surface area contributed by atoms with Crippen LogP contribution >= 0.6 is 0 Å². The number of aromatic nitrogens is 2. The van der Waals surface area contributed by atoms with Crippen molar-refractivity contribution in [3.05, 3.63) is 32.1 Å². The molecule has 0 aliphatic rings. The highest BCUT2D eigenvalue weighted by Gasteiger charge is 2.13. The van der Waals surface area contributed by atoms with Crippen LogP contribution in [-0.4, -0.2) is 45.6 Å². The van der Waals surface area contributed by atoms with E-state index in [9.17, 15) is 19.5 Å². The molecule has 1 amide bonds. The van der Waals surface area contributed by atoms with Crippen LogP contribution in [0.2, 0.25) is 0 Å². The first-order valence-corrected chi connectivity index (χ1v) is 6.05. The molecule has 0 aromatic carbocycles. The summed E-state index contributed by atoms with van der Waals surface area (Å²) in [6, 6.07) is 0. The lowest BCUT2D eigenvalue weighted by Crippen LogP contribution is -2.34. The number of aliphatic hydroxyl groups is 1. The van der Waals surface area contributed by atoms with Gasteiger partial charge in [0, 0.05) is 31.3 Å². The van der Waals surface area contributed by atoms with Gasteiger partial charge in [-0.1, -0.05) is 0 Å². The lowest BCUT2D eigenvalue weighted by atomic mass is 10.1. The SMILES string of the molecule is Cc1[nH]c(=O)[nH]c(=O)c1CCC(=O)N(C)CC(C)O. The molecular weight excluding hydrogens is 250 g/mol. The lowest BCUT2D eigenvalue weighted by molar-refractivity contribution is -0.131. The number of carbonyl (C=O) groups excluding carboxylic acids is 1. The highest BCUT2D eigenvalue weighted by Crippen LogP contribution is 2.02. The molecule has 1 heterocycles. The van der Waals surface area contributed by atoms with Crippen molar-refractivity contribution in [1.82, 2.24) is 14.9 Å². The summed E-state index contributed by atoms with van der Waals surface area (Å²) in [5, 5.41) is 9.19. The zero-order valence-corrected chi connectivity index (χ0v) is 11.3. The highest BCUT2D eigenvalue weighted by molar-refractivity contribution is 5.76. The second kappa shape index (κ2) is 6.33. The van der Waals surface area contributed by atoms with Gasteiger partial charge in [0.25, 0.3) is 5.56 Å². The van der Waals surface area contributed by atoms with Crippen LogP contribution in [-0.2, 0) is 11.2 Å². The second-order valence-electron chi connectivity index (χ2n) is 4.64. The molecular formula is C12H19N3O4. The third-order valence-electron chi connectivity index (χ3n) is 2.81. The predicted octanol–water partition coefficient (Wildman–Crippen LogP) is -0.857. The van der Waals surface area contributed by atoms with E-state index in [0.717, 1.165) is 0 Å². The summed E-state index contributed by atoms with van der Waals surface area (Å²) in [6.07, 6.45) is -0.188. The topological polar surface area (TPSA) is 106 Å². The van der Waals surface area contributed by atoms with Gasteiger partial charge in [-0.3, -0.25) is 14.6 Å². The molecule has 7 nitrogen and oxygen atoms in total. The Hall–Kier alpha value is -1.89. The lowest BCUT2D eigenvalue weighted by Gasteiger charge is -2.18. The maximum absolute atomic E-state index is 11.8. The summed E-state index contributed by atoms with van der Waals surface area (Å²) in [7, 11) is 1.60. The smallest absolute Gasteiger partial charge is 0.325 e. The molecule has 19 heavy (non-hydrogen) atoms. The van der Waals surface area contributed by atoms with Gasteiger partial charge in [0.2, 0.25) is 5.91 Å². The van der Waals surface area contributed by atoms with Gasteiger partial charge in [-0.2, -0.15) is 0 Å². The summed E-state index contributed by atoms with van der Waals surface area (Å²) < 4.78 is 0. The number of aliphatic hydroxyl groups excluding tert-OH is 1. The van der Waals surface area contributed by atoms with Crippen LogP contribution in [0.15, 0.2) is 9.59 Å². The van der Waals surface area contributed by atoms with Crippen LogP contribution in [0.25, 0.3) is 0 Å². The number of amides is 1. The van der Waals surface area contributed by atoms with Gasteiger partial charge >= 0.3 is 5.69 Å². The molecule has 0 radical (unpaired) electrons. The van der Waals surface area contributed by atoms with Crippen molar-refractivity contribution >= 4 is 5.91 Å².